The largest absolute Gasteiger partial charge is 0.279 e. The van der Waals surface area contributed by atoms with Crippen LogP contribution in [0.2, 0.25) is 0 Å². The second-order valence-corrected chi connectivity index (χ2v) is 1.33. The molecule has 0 saturated carbocycles. The molecule has 1 N–H and O–H groups in total. The van der Waals surface area contributed by atoms with Gasteiger partial charge in [0.05, 0.1) is 19.3 Å². The molecule has 0 aliphatic heterocycles. The Bertz CT molecular complexity index is 126. The first kappa shape index (κ1) is 7.28. The molecule has 3 nitrogen and oxygen atoms in total. The molecule has 0 radical (unpaired) electrons. The van der Waals surface area contributed by atoms with E-state index >= 15 is 0 Å². The molecule has 0 aromatic heterocycles. The molecule has 4 heteroatoms. The van der Waals surface area contributed by atoms with Gasteiger partial charge in [0, 0.05) is 0 Å². The second-order valence-electron chi connectivity index (χ2n) is 0.928. The summed E-state index contributed by atoms with van der Waals surface area (Å²) >= 11 is 5.28. The third-order valence-corrected chi connectivity index (χ3v) is 0.577. The first-order valence-electron chi connectivity index (χ1n) is 1.85. The van der Waals surface area contributed by atoms with Crippen LogP contribution < -0.4 is 5.48 Å². The molecule has 0 amide bonds. The highest BCUT2D eigenvalue weighted by Gasteiger charge is 1.82. The summed E-state index contributed by atoms with van der Waals surface area (Å²) in [6.07, 6.45) is 1.13. The van der Waals surface area contributed by atoms with E-state index in [9.17, 15) is 0 Å². The number of allylic oxidation sites excluding steroid dienone is 1. The van der Waals surface area contributed by atoms with Crippen LogP contribution in [-0.2, 0) is 4.84 Å². The van der Waals surface area contributed by atoms with E-state index in [4.69, 9.17) is 16.9 Å². The highest BCUT2D eigenvalue weighted by Crippen LogP contribution is 1.91. The molecule has 8 heavy (non-hydrogen) atoms. The number of hydrogen-bond donors (Lipinski definition) is 1. The molecule has 0 rings (SSSR count). The van der Waals surface area contributed by atoms with Crippen molar-refractivity contribution < 1.29 is 4.84 Å². The minimum absolute atomic E-state index is 0.176. The lowest BCUT2D eigenvalue weighted by molar-refractivity contribution is 0.124. The second kappa shape index (κ2) is 4.44. The van der Waals surface area contributed by atoms with Gasteiger partial charge in [0.2, 0.25) is 0 Å². The summed E-state index contributed by atoms with van der Waals surface area (Å²) in [6.45, 7) is 0. The minimum atomic E-state index is 0.176. The van der Waals surface area contributed by atoms with Crippen LogP contribution in [0.1, 0.15) is 0 Å². The number of nitrogens with one attached hydrogen (secondary N) is 1. The number of hydroxylamine groups is 1. The minimum Gasteiger partial charge on any atom is -0.279 e. The standard InChI is InChI=1S/C4H5ClN2O/c1-8-7-4(5)2-3-6/h2,7H,1H3. The van der Waals surface area contributed by atoms with E-state index in [2.05, 4.69) is 10.3 Å². The molecule has 0 aliphatic rings. The van der Waals surface area contributed by atoms with E-state index in [0.717, 1.165) is 6.08 Å². The number of nitriles is 1. The predicted octanol–water partition coefficient (Wildman–Crippen LogP) is 0.741. The monoisotopic (exact) mass is 132 g/mol. The lowest BCUT2D eigenvalue weighted by Gasteiger charge is -1.94. The van der Waals surface area contributed by atoms with Crippen molar-refractivity contribution >= 4 is 11.6 Å². The highest BCUT2D eigenvalue weighted by atomic mass is 35.5. The molecule has 0 aromatic rings. The van der Waals surface area contributed by atoms with Crippen LogP contribution in [0, 0.1) is 11.3 Å². The Morgan fingerprint density at radius 2 is 2.62 bits per heavy atom. The van der Waals surface area contributed by atoms with Crippen molar-refractivity contribution in [2.24, 2.45) is 0 Å². The summed E-state index contributed by atoms with van der Waals surface area (Å²) in [7, 11) is 1.41. The van der Waals surface area contributed by atoms with Crippen LogP contribution in [0.3, 0.4) is 0 Å². The van der Waals surface area contributed by atoms with Gasteiger partial charge in [-0.3, -0.25) is 10.3 Å². The average Bonchev–Trinajstić information content (AvgIpc) is 1.68. The first-order chi connectivity index (χ1) is 3.81. The van der Waals surface area contributed by atoms with Crippen molar-refractivity contribution in [3.05, 3.63) is 11.2 Å². The lowest BCUT2D eigenvalue weighted by Crippen LogP contribution is -2.05. The van der Waals surface area contributed by atoms with Gasteiger partial charge in [-0.05, 0) is 0 Å². The summed E-state index contributed by atoms with van der Waals surface area (Å²) in [5.41, 5.74) is 2.25. The maximum absolute atomic E-state index is 7.96. The van der Waals surface area contributed by atoms with Gasteiger partial charge in [0.1, 0.15) is 5.16 Å². The molecule has 44 valence electrons. The number of hydrogen-bond acceptors (Lipinski definition) is 3. The Balaban J connectivity index is 3.49. The van der Waals surface area contributed by atoms with E-state index in [1.165, 1.54) is 7.11 Å². The highest BCUT2D eigenvalue weighted by molar-refractivity contribution is 6.29. The summed E-state index contributed by atoms with van der Waals surface area (Å²) in [5, 5.41) is 8.13. The molecular weight excluding hydrogens is 128 g/mol. The zero-order valence-corrected chi connectivity index (χ0v) is 5.07. The van der Waals surface area contributed by atoms with Gasteiger partial charge < -0.3 is 0 Å². The number of rotatable bonds is 2. The molecule has 0 fully saturated rings. The summed E-state index contributed by atoms with van der Waals surface area (Å²) in [5.74, 6) is 0. The van der Waals surface area contributed by atoms with Crippen LogP contribution in [0.5, 0.6) is 0 Å². The molecular formula is C4H5ClN2O. The van der Waals surface area contributed by atoms with Gasteiger partial charge in [-0.1, -0.05) is 11.6 Å². The SMILES string of the molecule is CONC(Cl)=CC#N. The van der Waals surface area contributed by atoms with Gasteiger partial charge in [0.25, 0.3) is 0 Å². The Hall–Kier alpha value is -0.720. The molecule has 0 unspecified atom stereocenters. The Morgan fingerprint density at radius 1 is 2.00 bits per heavy atom. The maximum atomic E-state index is 7.96. The van der Waals surface area contributed by atoms with Gasteiger partial charge in [0.15, 0.2) is 0 Å². The van der Waals surface area contributed by atoms with Crippen LogP contribution in [0.15, 0.2) is 11.2 Å². The lowest BCUT2D eigenvalue weighted by atomic mass is 10.7. The molecule has 0 heterocycles. The number of nitrogens with zero attached hydrogens (tertiary/aromatic N) is 1. The van der Waals surface area contributed by atoms with Gasteiger partial charge in [-0.2, -0.15) is 5.26 Å². The summed E-state index contributed by atoms with van der Waals surface area (Å²) in [6, 6.07) is 1.72. The van der Waals surface area contributed by atoms with Crippen LogP contribution in [-0.4, -0.2) is 7.11 Å². The van der Waals surface area contributed by atoms with Crippen molar-refractivity contribution in [2.75, 3.05) is 7.11 Å². The Kier molecular flexibility index (Phi) is 4.04. The smallest absolute Gasteiger partial charge is 0.136 e. The molecule has 0 aliphatic carbocycles. The van der Waals surface area contributed by atoms with Crippen molar-refractivity contribution in [3.63, 3.8) is 0 Å². The molecule has 0 saturated heterocycles. The molecule has 0 atom stereocenters. The fraction of sp³-hybridized carbons (Fsp3) is 0.250. The van der Waals surface area contributed by atoms with Crippen molar-refractivity contribution in [1.29, 1.82) is 5.26 Å². The van der Waals surface area contributed by atoms with Crippen molar-refractivity contribution in [2.45, 2.75) is 0 Å². The van der Waals surface area contributed by atoms with Gasteiger partial charge in [-0.25, -0.2) is 0 Å². The third kappa shape index (κ3) is 3.47. The van der Waals surface area contributed by atoms with Gasteiger partial charge in [-0.15, -0.1) is 0 Å². The topological polar surface area (TPSA) is 45.0 Å². The quantitative estimate of drug-likeness (QED) is 0.343. The van der Waals surface area contributed by atoms with Crippen LogP contribution >= 0.6 is 11.6 Å². The predicted molar refractivity (Wildman–Crippen MR) is 29.7 cm³/mol. The van der Waals surface area contributed by atoms with E-state index in [1.807, 2.05) is 0 Å². The normalized spacial score (nSPS) is 10.4. The van der Waals surface area contributed by atoms with Gasteiger partial charge >= 0.3 is 0 Å². The average molecular weight is 133 g/mol. The summed E-state index contributed by atoms with van der Waals surface area (Å²) in [4.78, 5) is 4.35. The van der Waals surface area contributed by atoms with Crippen LogP contribution in [0.4, 0.5) is 0 Å². The number of halogens is 1. The third-order valence-electron chi connectivity index (χ3n) is 0.391. The Labute approximate surface area is 52.5 Å². The van der Waals surface area contributed by atoms with E-state index in [-0.39, 0.29) is 5.16 Å². The maximum Gasteiger partial charge on any atom is 0.136 e. The first-order valence-corrected chi connectivity index (χ1v) is 2.23. The van der Waals surface area contributed by atoms with Crippen LogP contribution in [0.25, 0.3) is 0 Å². The zero-order valence-electron chi connectivity index (χ0n) is 4.31. The van der Waals surface area contributed by atoms with E-state index in [1.54, 1.807) is 6.07 Å². The van der Waals surface area contributed by atoms with E-state index in [0.29, 0.717) is 0 Å². The van der Waals surface area contributed by atoms with Crippen molar-refractivity contribution in [3.8, 4) is 6.07 Å². The van der Waals surface area contributed by atoms with E-state index < -0.39 is 0 Å². The Morgan fingerprint density at radius 3 is 3.00 bits per heavy atom. The zero-order chi connectivity index (χ0) is 6.41. The molecule has 0 spiro atoms. The fourth-order valence-corrected chi connectivity index (χ4v) is 0.310. The molecule has 0 aromatic carbocycles. The fourth-order valence-electron chi connectivity index (χ4n) is 0.184. The van der Waals surface area contributed by atoms with Crippen molar-refractivity contribution in [1.82, 2.24) is 5.48 Å². The summed E-state index contributed by atoms with van der Waals surface area (Å²) < 4.78 is 0. The molecule has 0 bridgehead atoms.